The maximum Gasteiger partial charge on any atom is 0.144 e. The van der Waals surface area contributed by atoms with Crippen molar-refractivity contribution in [3.63, 3.8) is 0 Å². The van der Waals surface area contributed by atoms with Gasteiger partial charge in [0.2, 0.25) is 0 Å². The van der Waals surface area contributed by atoms with Gasteiger partial charge in [-0.15, -0.1) is 0 Å². The van der Waals surface area contributed by atoms with Gasteiger partial charge in [0.05, 0.1) is 0 Å². The van der Waals surface area contributed by atoms with Gasteiger partial charge in [-0.2, -0.15) is 5.26 Å². The molecule has 1 atom stereocenters. The number of rotatable bonds is 2. The van der Waals surface area contributed by atoms with E-state index in [1.807, 2.05) is 12.1 Å². The van der Waals surface area contributed by atoms with Gasteiger partial charge in [0.1, 0.15) is 11.8 Å². The van der Waals surface area contributed by atoms with Gasteiger partial charge in [0, 0.05) is 24.8 Å². The van der Waals surface area contributed by atoms with Crippen LogP contribution in [-0.4, -0.2) is 23.0 Å². The van der Waals surface area contributed by atoms with Crippen LogP contribution in [0.2, 0.25) is 0 Å². The molecule has 0 amide bonds. The standard InChI is InChI=1S/C13H17N3/c1-11-4-3-7-16(9-11)10-12-5-2-6-15-13(12)8-14/h2,5-6,11H,3-4,7,9-10H2,1H3. The average Bonchev–Trinajstić information content (AvgIpc) is 2.30. The van der Waals surface area contributed by atoms with Crippen LogP contribution in [0.4, 0.5) is 0 Å². The molecular formula is C13H17N3. The van der Waals surface area contributed by atoms with Crippen LogP contribution in [0.5, 0.6) is 0 Å². The molecule has 0 aliphatic carbocycles. The molecule has 1 aromatic heterocycles. The second-order valence-electron chi connectivity index (χ2n) is 4.61. The van der Waals surface area contributed by atoms with E-state index in [1.165, 1.54) is 12.8 Å². The van der Waals surface area contributed by atoms with E-state index >= 15 is 0 Å². The first-order valence-corrected chi connectivity index (χ1v) is 5.86. The van der Waals surface area contributed by atoms with E-state index in [4.69, 9.17) is 5.26 Å². The van der Waals surface area contributed by atoms with Gasteiger partial charge >= 0.3 is 0 Å². The molecule has 0 radical (unpaired) electrons. The molecule has 84 valence electrons. The molecule has 3 heteroatoms. The van der Waals surface area contributed by atoms with Crippen molar-refractivity contribution in [2.24, 2.45) is 5.92 Å². The summed E-state index contributed by atoms with van der Waals surface area (Å²) in [6.07, 6.45) is 4.28. The van der Waals surface area contributed by atoms with Gasteiger partial charge in [-0.05, 0) is 31.4 Å². The number of hydrogen-bond donors (Lipinski definition) is 0. The van der Waals surface area contributed by atoms with Crippen LogP contribution in [0.15, 0.2) is 18.3 Å². The Hall–Kier alpha value is -1.40. The van der Waals surface area contributed by atoms with Gasteiger partial charge in [-0.1, -0.05) is 13.0 Å². The Morgan fingerprint density at radius 3 is 3.25 bits per heavy atom. The third kappa shape index (κ3) is 2.59. The van der Waals surface area contributed by atoms with Crippen molar-refractivity contribution in [3.8, 4) is 6.07 Å². The highest BCUT2D eigenvalue weighted by atomic mass is 15.1. The predicted molar refractivity (Wildman–Crippen MR) is 62.6 cm³/mol. The lowest BCUT2D eigenvalue weighted by Crippen LogP contribution is -2.33. The van der Waals surface area contributed by atoms with Crippen molar-refractivity contribution in [1.82, 2.24) is 9.88 Å². The maximum atomic E-state index is 8.97. The Balaban J connectivity index is 2.06. The molecule has 2 heterocycles. The molecule has 1 saturated heterocycles. The smallest absolute Gasteiger partial charge is 0.144 e. The molecule has 16 heavy (non-hydrogen) atoms. The number of likely N-dealkylation sites (tertiary alicyclic amines) is 1. The van der Waals surface area contributed by atoms with E-state index < -0.39 is 0 Å². The van der Waals surface area contributed by atoms with Crippen molar-refractivity contribution >= 4 is 0 Å². The number of nitrogens with zero attached hydrogens (tertiary/aromatic N) is 3. The summed E-state index contributed by atoms with van der Waals surface area (Å²) in [6.45, 7) is 5.44. The number of piperidine rings is 1. The molecule has 0 N–H and O–H groups in total. The quantitative estimate of drug-likeness (QED) is 0.759. The maximum absolute atomic E-state index is 8.97. The number of nitriles is 1. The number of aromatic nitrogens is 1. The van der Waals surface area contributed by atoms with Crippen LogP contribution in [0.1, 0.15) is 31.0 Å². The second kappa shape index (κ2) is 5.09. The van der Waals surface area contributed by atoms with E-state index in [2.05, 4.69) is 22.9 Å². The minimum atomic E-state index is 0.570. The first kappa shape index (κ1) is 11.1. The van der Waals surface area contributed by atoms with E-state index in [1.54, 1.807) is 6.20 Å². The van der Waals surface area contributed by atoms with Gasteiger partial charge < -0.3 is 0 Å². The van der Waals surface area contributed by atoms with Crippen molar-refractivity contribution in [2.45, 2.75) is 26.3 Å². The predicted octanol–water partition coefficient (Wildman–Crippen LogP) is 2.19. The van der Waals surface area contributed by atoms with Crippen LogP contribution in [-0.2, 0) is 6.54 Å². The molecule has 1 fully saturated rings. The fourth-order valence-electron chi connectivity index (χ4n) is 2.34. The zero-order chi connectivity index (χ0) is 11.4. The van der Waals surface area contributed by atoms with Crippen LogP contribution in [0.3, 0.4) is 0 Å². The zero-order valence-corrected chi connectivity index (χ0v) is 9.69. The Morgan fingerprint density at radius 2 is 2.50 bits per heavy atom. The molecule has 0 spiro atoms. The molecular weight excluding hydrogens is 198 g/mol. The monoisotopic (exact) mass is 215 g/mol. The van der Waals surface area contributed by atoms with Crippen LogP contribution < -0.4 is 0 Å². The topological polar surface area (TPSA) is 39.9 Å². The van der Waals surface area contributed by atoms with Gasteiger partial charge in [-0.3, -0.25) is 4.90 Å². The summed E-state index contributed by atoms with van der Waals surface area (Å²) in [7, 11) is 0. The normalized spacial score (nSPS) is 21.6. The Morgan fingerprint density at radius 1 is 1.62 bits per heavy atom. The van der Waals surface area contributed by atoms with Crippen molar-refractivity contribution < 1.29 is 0 Å². The van der Waals surface area contributed by atoms with Gasteiger partial charge in [0.15, 0.2) is 0 Å². The Labute approximate surface area is 96.7 Å². The minimum Gasteiger partial charge on any atom is -0.299 e. The van der Waals surface area contributed by atoms with Crippen LogP contribution >= 0.6 is 0 Å². The molecule has 1 aliphatic heterocycles. The Kier molecular flexibility index (Phi) is 3.53. The van der Waals surface area contributed by atoms with Crippen LogP contribution in [0, 0.1) is 17.2 Å². The summed E-state index contributed by atoms with van der Waals surface area (Å²) >= 11 is 0. The summed E-state index contributed by atoms with van der Waals surface area (Å²) < 4.78 is 0. The first-order chi connectivity index (χ1) is 7.79. The summed E-state index contributed by atoms with van der Waals surface area (Å²) in [4.78, 5) is 6.52. The van der Waals surface area contributed by atoms with Crippen molar-refractivity contribution in [2.75, 3.05) is 13.1 Å². The molecule has 1 unspecified atom stereocenters. The highest BCUT2D eigenvalue weighted by Gasteiger charge is 2.17. The fraction of sp³-hybridized carbons (Fsp3) is 0.538. The number of hydrogen-bond acceptors (Lipinski definition) is 3. The molecule has 0 bridgehead atoms. The molecule has 3 nitrogen and oxygen atoms in total. The molecule has 1 aromatic rings. The molecule has 0 saturated carbocycles. The van der Waals surface area contributed by atoms with Crippen molar-refractivity contribution in [1.29, 1.82) is 5.26 Å². The van der Waals surface area contributed by atoms with Crippen LogP contribution in [0.25, 0.3) is 0 Å². The SMILES string of the molecule is CC1CCCN(Cc2cccnc2C#N)C1. The third-order valence-corrected chi connectivity index (χ3v) is 3.13. The minimum absolute atomic E-state index is 0.570. The average molecular weight is 215 g/mol. The zero-order valence-electron chi connectivity index (χ0n) is 9.69. The molecule has 0 aromatic carbocycles. The van der Waals surface area contributed by atoms with E-state index in [-0.39, 0.29) is 0 Å². The summed E-state index contributed by atoms with van der Waals surface area (Å²) in [5, 5.41) is 8.97. The lowest BCUT2D eigenvalue weighted by molar-refractivity contribution is 0.176. The summed E-state index contributed by atoms with van der Waals surface area (Å²) in [6, 6.07) is 6.07. The number of pyridine rings is 1. The largest absolute Gasteiger partial charge is 0.299 e. The highest BCUT2D eigenvalue weighted by molar-refractivity contribution is 5.30. The van der Waals surface area contributed by atoms with Gasteiger partial charge in [-0.25, -0.2) is 4.98 Å². The first-order valence-electron chi connectivity index (χ1n) is 5.86. The summed E-state index contributed by atoms with van der Waals surface area (Å²) in [5.74, 6) is 0.774. The van der Waals surface area contributed by atoms with Gasteiger partial charge in [0.25, 0.3) is 0 Å². The Bertz CT molecular complexity index is 394. The lowest BCUT2D eigenvalue weighted by atomic mass is 10.00. The summed E-state index contributed by atoms with van der Waals surface area (Å²) in [5.41, 5.74) is 1.62. The molecule has 1 aliphatic rings. The van der Waals surface area contributed by atoms with E-state index in [0.717, 1.165) is 31.1 Å². The van der Waals surface area contributed by atoms with E-state index in [9.17, 15) is 0 Å². The highest BCUT2D eigenvalue weighted by Crippen LogP contribution is 2.18. The lowest BCUT2D eigenvalue weighted by Gasteiger charge is -2.30. The fourth-order valence-corrected chi connectivity index (χ4v) is 2.34. The van der Waals surface area contributed by atoms with Crippen molar-refractivity contribution in [3.05, 3.63) is 29.6 Å². The van der Waals surface area contributed by atoms with E-state index in [0.29, 0.717) is 5.69 Å². The third-order valence-electron chi connectivity index (χ3n) is 3.13. The second-order valence-corrected chi connectivity index (χ2v) is 4.61. The molecule has 2 rings (SSSR count).